The van der Waals surface area contributed by atoms with Gasteiger partial charge in [0.15, 0.2) is 0 Å². The fourth-order valence-electron chi connectivity index (χ4n) is 3.55. The molecule has 0 unspecified atom stereocenters. The first-order chi connectivity index (χ1) is 13.1. The molecule has 1 amide bonds. The van der Waals surface area contributed by atoms with Gasteiger partial charge in [-0.2, -0.15) is 0 Å². The first-order valence-corrected chi connectivity index (χ1v) is 9.73. The number of hydrogen-bond acceptors (Lipinski definition) is 5. The Balaban J connectivity index is 1.45. The van der Waals surface area contributed by atoms with Crippen LogP contribution in [0.25, 0.3) is 0 Å². The lowest BCUT2D eigenvalue weighted by Crippen LogP contribution is -2.41. The summed E-state index contributed by atoms with van der Waals surface area (Å²) < 4.78 is 5.32. The van der Waals surface area contributed by atoms with Crippen molar-refractivity contribution in [1.29, 1.82) is 0 Å². The van der Waals surface area contributed by atoms with Crippen molar-refractivity contribution in [2.24, 2.45) is 5.92 Å². The number of nitrogens with zero attached hydrogens (tertiary/aromatic N) is 3. The van der Waals surface area contributed by atoms with Crippen molar-refractivity contribution in [2.45, 2.75) is 31.6 Å². The monoisotopic (exact) mass is 386 g/mol. The maximum Gasteiger partial charge on any atom is 0.229 e. The number of methoxy groups -OCH3 is 1. The molecule has 2 aromatic rings. The molecule has 1 aliphatic carbocycles. The van der Waals surface area contributed by atoms with Crippen LogP contribution < -0.4 is 15.0 Å². The van der Waals surface area contributed by atoms with Crippen LogP contribution in [0.1, 0.15) is 37.3 Å². The third-order valence-electron chi connectivity index (χ3n) is 5.20. The highest BCUT2D eigenvalue weighted by Gasteiger charge is 2.29. The van der Waals surface area contributed by atoms with Gasteiger partial charge in [0.05, 0.1) is 18.7 Å². The average molecular weight is 387 g/mol. The predicted molar refractivity (Wildman–Crippen MR) is 106 cm³/mol. The van der Waals surface area contributed by atoms with E-state index < -0.39 is 0 Å². The Hall–Kier alpha value is -2.34. The number of ether oxygens (including phenoxy) is 1. The fraction of sp³-hybridized carbons (Fsp3) is 0.450. The quantitative estimate of drug-likeness (QED) is 0.844. The highest BCUT2D eigenvalue weighted by molar-refractivity contribution is 6.31. The lowest BCUT2D eigenvalue weighted by molar-refractivity contribution is -0.120. The Labute approximate surface area is 163 Å². The van der Waals surface area contributed by atoms with Gasteiger partial charge < -0.3 is 15.0 Å². The molecule has 0 radical (unpaired) electrons. The maximum atomic E-state index is 12.8. The molecule has 1 aliphatic heterocycles. The van der Waals surface area contributed by atoms with Crippen molar-refractivity contribution >= 4 is 29.0 Å². The number of hydrogen-bond donors (Lipinski definition) is 1. The summed E-state index contributed by atoms with van der Waals surface area (Å²) in [5, 5.41) is 3.54. The van der Waals surface area contributed by atoms with Crippen molar-refractivity contribution in [1.82, 2.24) is 9.97 Å². The molecule has 1 saturated carbocycles. The molecule has 1 aromatic heterocycles. The smallest absolute Gasteiger partial charge is 0.229 e. The van der Waals surface area contributed by atoms with E-state index in [-0.39, 0.29) is 11.8 Å². The Morgan fingerprint density at radius 2 is 2.11 bits per heavy atom. The molecule has 2 heterocycles. The molecule has 1 atom stereocenters. The molecule has 1 aromatic carbocycles. The number of anilines is 2. The number of benzene rings is 1. The second-order valence-corrected chi connectivity index (χ2v) is 7.63. The predicted octanol–water partition coefficient (Wildman–Crippen LogP) is 3.87. The zero-order valence-corrected chi connectivity index (χ0v) is 16.1. The van der Waals surface area contributed by atoms with E-state index in [1.54, 1.807) is 31.6 Å². The zero-order valence-electron chi connectivity index (χ0n) is 15.3. The molecule has 6 nitrogen and oxygen atoms in total. The van der Waals surface area contributed by atoms with Crippen molar-refractivity contribution in [3.63, 3.8) is 0 Å². The first-order valence-electron chi connectivity index (χ1n) is 9.35. The molecular formula is C20H23ClN4O2. The number of amides is 1. The van der Waals surface area contributed by atoms with Gasteiger partial charge in [0.2, 0.25) is 5.91 Å². The topological polar surface area (TPSA) is 67.3 Å². The van der Waals surface area contributed by atoms with Crippen LogP contribution in [0.4, 0.5) is 11.5 Å². The molecule has 27 heavy (non-hydrogen) atoms. The van der Waals surface area contributed by atoms with E-state index in [1.807, 2.05) is 0 Å². The van der Waals surface area contributed by atoms with Crippen molar-refractivity contribution in [2.75, 3.05) is 30.4 Å². The third kappa shape index (κ3) is 4.16. The molecular weight excluding hydrogens is 364 g/mol. The van der Waals surface area contributed by atoms with Gasteiger partial charge in [-0.3, -0.25) is 4.79 Å². The van der Waals surface area contributed by atoms with Gasteiger partial charge in [-0.1, -0.05) is 11.6 Å². The van der Waals surface area contributed by atoms with Crippen LogP contribution in [0.15, 0.2) is 30.6 Å². The van der Waals surface area contributed by atoms with Gasteiger partial charge in [-0.25, -0.2) is 9.97 Å². The molecule has 0 bridgehead atoms. The summed E-state index contributed by atoms with van der Waals surface area (Å²) in [5.41, 5.74) is 1.72. The molecule has 2 aliphatic rings. The first kappa shape index (κ1) is 18.0. The number of rotatable bonds is 5. The van der Waals surface area contributed by atoms with E-state index >= 15 is 0 Å². The highest BCUT2D eigenvalue weighted by Crippen LogP contribution is 2.39. The molecule has 142 valence electrons. The van der Waals surface area contributed by atoms with Gasteiger partial charge in [0, 0.05) is 35.8 Å². The zero-order chi connectivity index (χ0) is 18.8. The van der Waals surface area contributed by atoms with E-state index in [4.69, 9.17) is 16.3 Å². The van der Waals surface area contributed by atoms with Crippen molar-refractivity contribution in [3.8, 4) is 5.75 Å². The molecule has 7 heteroatoms. The van der Waals surface area contributed by atoms with Gasteiger partial charge >= 0.3 is 0 Å². The summed E-state index contributed by atoms with van der Waals surface area (Å²) in [7, 11) is 1.58. The normalized spacial score (nSPS) is 19.6. The Morgan fingerprint density at radius 3 is 2.89 bits per heavy atom. The molecule has 0 spiro atoms. The SMILES string of the molecule is COc1ccc(Cl)cc1NC(=O)[C@@H]1CCCN(c2cc(C3CC3)ncn2)C1. The second kappa shape index (κ2) is 7.72. The summed E-state index contributed by atoms with van der Waals surface area (Å²) in [6, 6.07) is 7.29. The fourth-order valence-corrected chi connectivity index (χ4v) is 3.72. The van der Waals surface area contributed by atoms with Crippen LogP contribution >= 0.6 is 11.6 Å². The van der Waals surface area contributed by atoms with E-state index in [2.05, 4.69) is 26.3 Å². The van der Waals surface area contributed by atoms with E-state index in [0.717, 1.165) is 30.9 Å². The number of piperidine rings is 1. The van der Waals surface area contributed by atoms with Gasteiger partial charge in [0.25, 0.3) is 0 Å². The van der Waals surface area contributed by atoms with Crippen LogP contribution in [0.2, 0.25) is 5.02 Å². The summed E-state index contributed by atoms with van der Waals surface area (Å²) >= 11 is 6.06. The van der Waals surface area contributed by atoms with Crippen molar-refractivity contribution in [3.05, 3.63) is 41.3 Å². The summed E-state index contributed by atoms with van der Waals surface area (Å²) in [6.45, 7) is 1.56. The van der Waals surface area contributed by atoms with Crippen LogP contribution in [0.3, 0.4) is 0 Å². The standard InChI is InChI=1S/C20H23ClN4O2/c1-27-18-7-6-15(21)9-17(18)24-20(26)14-3-2-8-25(11-14)19-10-16(13-4-5-13)22-12-23-19/h6-7,9-10,12-14H,2-5,8,11H2,1H3,(H,24,26)/t14-/m1/s1. The Bertz CT molecular complexity index is 840. The van der Waals surface area contributed by atoms with E-state index in [0.29, 0.717) is 28.9 Å². The highest BCUT2D eigenvalue weighted by atomic mass is 35.5. The van der Waals surface area contributed by atoms with E-state index in [9.17, 15) is 4.79 Å². The van der Waals surface area contributed by atoms with Crippen LogP contribution in [0, 0.1) is 5.92 Å². The maximum absolute atomic E-state index is 12.8. The second-order valence-electron chi connectivity index (χ2n) is 7.19. The number of carbonyl (C=O) groups excluding carboxylic acids is 1. The lowest BCUT2D eigenvalue weighted by atomic mass is 9.97. The molecule has 4 rings (SSSR count). The van der Waals surface area contributed by atoms with Crippen LogP contribution in [-0.2, 0) is 4.79 Å². The summed E-state index contributed by atoms with van der Waals surface area (Å²) in [4.78, 5) is 23.9. The molecule has 2 fully saturated rings. The van der Waals surface area contributed by atoms with Crippen molar-refractivity contribution < 1.29 is 9.53 Å². The summed E-state index contributed by atoms with van der Waals surface area (Å²) in [5.74, 6) is 1.99. The number of carbonyl (C=O) groups is 1. The minimum absolute atomic E-state index is 0.0169. The van der Waals surface area contributed by atoms with E-state index in [1.165, 1.54) is 12.8 Å². The minimum atomic E-state index is -0.109. The average Bonchev–Trinajstić information content (AvgIpc) is 3.54. The van der Waals surface area contributed by atoms with Gasteiger partial charge in [0.1, 0.15) is 17.9 Å². The lowest BCUT2D eigenvalue weighted by Gasteiger charge is -2.33. The number of aromatic nitrogens is 2. The minimum Gasteiger partial charge on any atom is -0.495 e. The Kier molecular flexibility index (Phi) is 5.16. The largest absolute Gasteiger partial charge is 0.495 e. The Morgan fingerprint density at radius 1 is 1.26 bits per heavy atom. The molecule has 1 N–H and O–H groups in total. The number of halogens is 1. The van der Waals surface area contributed by atoms with Gasteiger partial charge in [-0.15, -0.1) is 0 Å². The molecule has 1 saturated heterocycles. The third-order valence-corrected chi connectivity index (χ3v) is 5.44. The number of nitrogens with one attached hydrogen (secondary N) is 1. The van der Waals surface area contributed by atoms with Crippen LogP contribution in [0.5, 0.6) is 5.75 Å². The van der Waals surface area contributed by atoms with Gasteiger partial charge in [-0.05, 0) is 43.9 Å². The van der Waals surface area contributed by atoms with Crippen LogP contribution in [-0.4, -0.2) is 36.1 Å². The summed E-state index contributed by atoms with van der Waals surface area (Å²) in [6.07, 6.45) is 5.87.